The van der Waals surface area contributed by atoms with Crippen molar-refractivity contribution in [2.45, 2.75) is 12.3 Å². The Bertz CT molecular complexity index is 963. The second-order valence-electron chi connectivity index (χ2n) is 5.85. The number of rotatable bonds is 7. The molecule has 136 valence electrons. The zero-order valence-corrected chi connectivity index (χ0v) is 16.0. The van der Waals surface area contributed by atoms with Crippen LogP contribution in [0.3, 0.4) is 0 Å². The maximum atomic E-state index is 12.2. The van der Waals surface area contributed by atoms with Crippen molar-refractivity contribution in [1.82, 2.24) is 9.78 Å². The van der Waals surface area contributed by atoms with Crippen molar-refractivity contribution in [3.8, 4) is 6.07 Å². The van der Waals surface area contributed by atoms with E-state index >= 15 is 0 Å². The van der Waals surface area contributed by atoms with Crippen molar-refractivity contribution in [2.75, 3.05) is 11.1 Å². The maximum Gasteiger partial charge on any atom is 0.235 e. The van der Waals surface area contributed by atoms with Gasteiger partial charge in [-0.3, -0.25) is 4.79 Å². The predicted molar refractivity (Wildman–Crippen MR) is 109 cm³/mol. The summed E-state index contributed by atoms with van der Waals surface area (Å²) in [5.41, 5.74) is 2.73. The Morgan fingerprint density at radius 3 is 2.74 bits per heavy atom. The van der Waals surface area contributed by atoms with Crippen molar-refractivity contribution in [3.05, 3.63) is 82.5 Å². The molecular weight excluding hydrogens is 380 g/mol. The molecule has 0 fully saturated rings. The van der Waals surface area contributed by atoms with E-state index in [2.05, 4.69) is 16.5 Å². The summed E-state index contributed by atoms with van der Waals surface area (Å²) in [7, 11) is 0. The molecule has 0 radical (unpaired) electrons. The number of benzene rings is 2. The van der Waals surface area contributed by atoms with Crippen LogP contribution in [0.25, 0.3) is 0 Å². The summed E-state index contributed by atoms with van der Waals surface area (Å²) in [6.45, 7) is 0.529. The van der Waals surface area contributed by atoms with Crippen LogP contribution in [0.4, 0.5) is 5.82 Å². The summed E-state index contributed by atoms with van der Waals surface area (Å²) in [5.74, 6) is 1.61. The molecule has 1 amide bonds. The third-order valence-corrected chi connectivity index (χ3v) is 5.03. The number of thioether (sulfide) groups is 1. The summed E-state index contributed by atoms with van der Waals surface area (Å²) in [6.07, 6.45) is 1.66. The normalized spacial score (nSPS) is 10.4. The summed E-state index contributed by atoms with van der Waals surface area (Å²) in [6, 6.07) is 18.8. The van der Waals surface area contributed by atoms with Crippen molar-refractivity contribution < 1.29 is 4.79 Å². The van der Waals surface area contributed by atoms with Crippen molar-refractivity contribution in [1.29, 1.82) is 5.26 Å². The van der Waals surface area contributed by atoms with E-state index in [1.165, 1.54) is 11.8 Å². The Kier molecular flexibility index (Phi) is 6.53. The topological polar surface area (TPSA) is 70.7 Å². The lowest BCUT2D eigenvalue weighted by Gasteiger charge is -2.09. The predicted octanol–water partition coefficient (Wildman–Crippen LogP) is 4.33. The smallest absolute Gasteiger partial charge is 0.235 e. The molecule has 2 aromatic carbocycles. The Labute approximate surface area is 167 Å². The van der Waals surface area contributed by atoms with Gasteiger partial charge in [-0.05, 0) is 35.4 Å². The number of nitriles is 1. The van der Waals surface area contributed by atoms with Crippen LogP contribution in [0.2, 0.25) is 5.02 Å². The zero-order valence-electron chi connectivity index (χ0n) is 14.4. The number of hydrogen-bond donors (Lipinski definition) is 1. The van der Waals surface area contributed by atoms with Crippen LogP contribution in [0.5, 0.6) is 0 Å². The molecule has 0 atom stereocenters. The standard InChI is InChI=1S/C20H17ClN4OS/c21-18-3-1-2-17(10-18)12-25-19(8-9-23-25)24-20(26)14-27-13-16-6-4-15(11-22)5-7-16/h1-10H,12-14H2,(H,24,26). The average Bonchev–Trinajstić information content (AvgIpc) is 3.09. The molecule has 3 rings (SSSR count). The fraction of sp³-hybridized carbons (Fsp3) is 0.150. The SMILES string of the molecule is N#Cc1ccc(CSCC(=O)Nc2ccnn2Cc2cccc(Cl)c2)cc1. The zero-order chi connectivity index (χ0) is 19.1. The molecule has 1 aromatic heterocycles. The molecular formula is C20H17ClN4OS. The first-order valence-electron chi connectivity index (χ1n) is 8.27. The number of amides is 1. The second-order valence-corrected chi connectivity index (χ2v) is 7.28. The molecule has 0 saturated carbocycles. The first kappa shape index (κ1) is 19.0. The molecule has 0 aliphatic carbocycles. The lowest BCUT2D eigenvalue weighted by atomic mass is 10.2. The van der Waals surface area contributed by atoms with Gasteiger partial charge >= 0.3 is 0 Å². The molecule has 0 aliphatic rings. The summed E-state index contributed by atoms with van der Waals surface area (Å²) in [4.78, 5) is 12.2. The van der Waals surface area contributed by atoms with E-state index in [1.54, 1.807) is 29.1 Å². The number of nitrogens with zero attached hydrogens (tertiary/aromatic N) is 3. The van der Waals surface area contributed by atoms with Crippen LogP contribution in [0.15, 0.2) is 60.8 Å². The number of nitrogens with one attached hydrogen (secondary N) is 1. The number of hydrogen-bond acceptors (Lipinski definition) is 4. The fourth-order valence-electron chi connectivity index (χ4n) is 2.49. The number of carbonyl (C=O) groups is 1. The molecule has 0 bridgehead atoms. The van der Waals surface area contributed by atoms with Gasteiger partial charge in [0, 0.05) is 16.8 Å². The minimum Gasteiger partial charge on any atom is -0.310 e. The van der Waals surface area contributed by atoms with E-state index in [9.17, 15) is 4.79 Å². The van der Waals surface area contributed by atoms with Crippen LogP contribution >= 0.6 is 23.4 Å². The molecule has 27 heavy (non-hydrogen) atoms. The summed E-state index contributed by atoms with van der Waals surface area (Å²) < 4.78 is 1.73. The van der Waals surface area contributed by atoms with E-state index in [1.807, 2.05) is 36.4 Å². The third-order valence-electron chi connectivity index (χ3n) is 3.79. The van der Waals surface area contributed by atoms with Crippen LogP contribution < -0.4 is 5.32 Å². The van der Waals surface area contributed by atoms with E-state index < -0.39 is 0 Å². The maximum absolute atomic E-state index is 12.2. The Balaban J connectivity index is 1.51. The highest BCUT2D eigenvalue weighted by atomic mass is 35.5. The van der Waals surface area contributed by atoms with E-state index in [4.69, 9.17) is 16.9 Å². The van der Waals surface area contributed by atoms with E-state index in [0.717, 1.165) is 11.1 Å². The monoisotopic (exact) mass is 396 g/mol. The Morgan fingerprint density at radius 2 is 2.00 bits per heavy atom. The van der Waals surface area contributed by atoms with Crippen LogP contribution in [0.1, 0.15) is 16.7 Å². The summed E-state index contributed by atoms with van der Waals surface area (Å²) in [5, 5.41) is 16.6. The Morgan fingerprint density at radius 1 is 1.19 bits per heavy atom. The number of carbonyl (C=O) groups excluding carboxylic acids is 1. The van der Waals surface area contributed by atoms with Crippen LogP contribution in [-0.4, -0.2) is 21.4 Å². The highest BCUT2D eigenvalue weighted by Crippen LogP contribution is 2.16. The largest absolute Gasteiger partial charge is 0.310 e. The van der Waals surface area contributed by atoms with Gasteiger partial charge in [-0.1, -0.05) is 35.9 Å². The van der Waals surface area contributed by atoms with Gasteiger partial charge in [0.25, 0.3) is 0 Å². The van der Waals surface area contributed by atoms with Gasteiger partial charge in [0.05, 0.1) is 30.1 Å². The minimum absolute atomic E-state index is 0.0820. The quantitative estimate of drug-likeness (QED) is 0.645. The lowest BCUT2D eigenvalue weighted by Crippen LogP contribution is -2.18. The highest BCUT2D eigenvalue weighted by molar-refractivity contribution is 7.99. The van der Waals surface area contributed by atoms with Gasteiger partial charge in [-0.15, -0.1) is 11.8 Å². The van der Waals surface area contributed by atoms with Crippen molar-refractivity contribution in [2.24, 2.45) is 0 Å². The van der Waals surface area contributed by atoms with Crippen LogP contribution in [0, 0.1) is 11.3 Å². The molecule has 1 N–H and O–H groups in total. The fourth-order valence-corrected chi connectivity index (χ4v) is 3.49. The van der Waals surface area contributed by atoms with Gasteiger partial charge in [0.2, 0.25) is 5.91 Å². The molecule has 7 heteroatoms. The highest BCUT2D eigenvalue weighted by Gasteiger charge is 2.08. The van der Waals surface area contributed by atoms with Gasteiger partial charge in [0.15, 0.2) is 0 Å². The first-order chi connectivity index (χ1) is 13.1. The van der Waals surface area contributed by atoms with Crippen LogP contribution in [-0.2, 0) is 17.1 Å². The van der Waals surface area contributed by atoms with Crippen molar-refractivity contribution in [3.63, 3.8) is 0 Å². The lowest BCUT2D eigenvalue weighted by molar-refractivity contribution is -0.113. The van der Waals surface area contributed by atoms with Crippen molar-refractivity contribution >= 4 is 35.1 Å². The Hall–Kier alpha value is -2.75. The third kappa shape index (κ3) is 5.61. The van der Waals surface area contributed by atoms with Gasteiger partial charge < -0.3 is 5.32 Å². The molecule has 0 saturated heterocycles. The number of anilines is 1. The first-order valence-corrected chi connectivity index (χ1v) is 9.80. The summed E-state index contributed by atoms with van der Waals surface area (Å²) >= 11 is 7.54. The average molecular weight is 397 g/mol. The molecule has 3 aromatic rings. The molecule has 0 aliphatic heterocycles. The molecule has 5 nitrogen and oxygen atoms in total. The molecule has 0 unspecified atom stereocenters. The van der Waals surface area contributed by atoms with Gasteiger partial charge in [-0.2, -0.15) is 10.4 Å². The van der Waals surface area contributed by atoms with Gasteiger partial charge in [0.1, 0.15) is 5.82 Å². The van der Waals surface area contributed by atoms with E-state index in [-0.39, 0.29) is 5.91 Å². The minimum atomic E-state index is -0.0820. The number of halogens is 1. The molecule has 0 spiro atoms. The van der Waals surface area contributed by atoms with E-state index in [0.29, 0.717) is 34.5 Å². The second kappa shape index (κ2) is 9.26. The number of aromatic nitrogens is 2. The van der Waals surface area contributed by atoms with Gasteiger partial charge in [-0.25, -0.2) is 4.68 Å². The molecule has 1 heterocycles.